The molecule has 1 aromatic carbocycles. The predicted molar refractivity (Wildman–Crippen MR) is 78.9 cm³/mol. The molecule has 8 nitrogen and oxygen atoms in total. The van der Waals surface area contributed by atoms with Crippen molar-refractivity contribution in [2.45, 2.75) is 5.16 Å². The molecule has 1 aliphatic heterocycles. The van der Waals surface area contributed by atoms with Crippen molar-refractivity contribution in [3.05, 3.63) is 24.3 Å². The molecule has 0 saturated carbocycles. The van der Waals surface area contributed by atoms with Gasteiger partial charge in [-0.25, -0.2) is 5.10 Å². The Bertz CT molecular complexity index is 701. The standard InChI is InChI=1S/C12H12N6O2S/c13-11-15-12(17-16-11)21-6-10(20)18-5-9(19)14-7-3-1-2-4-8(7)18/h1-4H,5-6H2,(H,14,19)(H3,13,15,16,17). The van der Waals surface area contributed by atoms with Gasteiger partial charge in [0.1, 0.15) is 6.54 Å². The normalized spacial score (nSPS) is 13.7. The number of hydrogen-bond donors (Lipinski definition) is 3. The van der Waals surface area contributed by atoms with Crippen molar-refractivity contribution in [3.8, 4) is 0 Å². The van der Waals surface area contributed by atoms with Crippen LogP contribution in [0.2, 0.25) is 0 Å². The number of nitrogens with one attached hydrogen (secondary N) is 2. The van der Waals surface area contributed by atoms with Gasteiger partial charge in [-0.3, -0.25) is 9.59 Å². The van der Waals surface area contributed by atoms with Crippen LogP contribution >= 0.6 is 11.8 Å². The summed E-state index contributed by atoms with van der Waals surface area (Å²) in [5.41, 5.74) is 6.74. The van der Waals surface area contributed by atoms with Gasteiger partial charge in [-0.1, -0.05) is 23.9 Å². The van der Waals surface area contributed by atoms with E-state index in [4.69, 9.17) is 5.73 Å². The average molecular weight is 304 g/mol. The van der Waals surface area contributed by atoms with E-state index in [1.165, 1.54) is 4.90 Å². The van der Waals surface area contributed by atoms with Crippen LogP contribution in [0.4, 0.5) is 17.3 Å². The number of fused-ring (bicyclic) bond motifs is 1. The van der Waals surface area contributed by atoms with Crippen LogP contribution in [-0.4, -0.2) is 39.3 Å². The van der Waals surface area contributed by atoms with Gasteiger partial charge in [-0.15, -0.1) is 5.10 Å². The number of aromatic nitrogens is 3. The van der Waals surface area contributed by atoms with Crippen molar-refractivity contribution >= 4 is 40.9 Å². The Morgan fingerprint density at radius 1 is 1.43 bits per heavy atom. The van der Waals surface area contributed by atoms with E-state index in [2.05, 4.69) is 20.5 Å². The smallest absolute Gasteiger partial charge is 0.244 e. The van der Waals surface area contributed by atoms with Crippen LogP contribution in [-0.2, 0) is 9.59 Å². The molecule has 0 saturated heterocycles. The van der Waals surface area contributed by atoms with Crippen LogP contribution in [0.3, 0.4) is 0 Å². The highest BCUT2D eigenvalue weighted by atomic mass is 32.2. The molecule has 0 atom stereocenters. The van der Waals surface area contributed by atoms with Crippen molar-refractivity contribution in [2.24, 2.45) is 0 Å². The van der Waals surface area contributed by atoms with Gasteiger partial charge >= 0.3 is 0 Å². The number of thioether (sulfide) groups is 1. The van der Waals surface area contributed by atoms with Crippen molar-refractivity contribution in [1.82, 2.24) is 15.2 Å². The number of para-hydroxylation sites is 2. The minimum Gasteiger partial charge on any atom is -0.368 e. The second-order valence-electron chi connectivity index (χ2n) is 4.34. The summed E-state index contributed by atoms with van der Waals surface area (Å²) in [6.45, 7) is 0.00649. The third kappa shape index (κ3) is 2.82. The topological polar surface area (TPSA) is 117 Å². The SMILES string of the molecule is Nc1nc(SCC(=O)N2CC(=O)Nc3ccccc32)n[nH]1. The lowest BCUT2D eigenvalue weighted by Gasteiger charge is -2.28. The minimum absolute atomic E-state index is 0.00649. The summed E-state index contributed by atoms with van der Waals surface area (Å²) in [6.07, 6.45) is 0. The van der Waals surface area contributed by atoms with Crippen molar-refractivity contribution in [2.75, 3.05) is 28.2 Å². The van der Waals surface area contributed by atoms with Gasteiger partial charge in [0.15, 0.2) is 0 Å². The number of aromatic amines is 1. The van der Waals surface area contributed by atoms with Gasteiger partial charge in [0, 0.05) is 0 Å². The molecule has 2 amide bonds. The van der Waals surface area contributed by atoms with Gasteiger partial charge in [0.05, 0.1) is 17.1 Å². The van der Waals surface area contributed by atoms with Crippen LogP contribution in [0.15, 0.2) is 29.4 Å². The molecule has 1 aliphatic rings. The number of carbonyl (C=O) groups is 2. The fourth-order valence-corrected chi connectivity index (χ4v) is 2.66. The third-order valence-corrected chi connectivity index (χ3v) is 3.71. The number of H-pyrrole nitrogens is 1. The number of amides is 2. The van der Waals surface area contributed by atoms with E-state index in [-0.39, 0.29) is 30.1 Å². The van der Waals surface area contributed by atoms with E-state index in [0.717, 1.165) is 11.8 Å². The molecule has 0 aliphatic carbocycles. The number of benzene rings is 1. The lowest BCUT2D eigenvalue weighted by Crippen LogP contribution is -2.43. The second-order valence-corrected chi connectivity index (χ2v) is 5.28. The minimum atomic E-state index is -0.214. The maximum atomic E-state index is 12.3. The Balaban J connectivity index is 1.74. The van der Waals surface area contributed by atoms with E-state index in [9.17, 15) is 9.59 Å². The lowest BCUT2D eigenvalue weighted by molar-refractivity contribution is -0.120. The quantitative estimate of drug-likeness (QED) is 0.709. The van der Waals surface area contributed by atoms with Gasteiger partial charge in [-0.2, -0.15) is 4.98 Å². The van der Waals surface area contributed by atoms with E-state index < -0.39 is 0 Å². The third-order valence-electron chi connectivity index (χ3n) is 2.88. The van der Waals surface area contributed by atoms with E-state index in [1.807, 2.05) is 6.07 Å². The summed E-state index contributed by atoms with van der Waals surface area (Å²) < 4.78 is 0. The van der Waals surface area contributed by atoms with Gasteiger partial charge in [0.2, 0.25) is 22.9 Å². The molecule has 0 radical (unpaired) electrons. The van der Waals surface area contributed by atoms with E-state index in [1.54, 1.807) is 18.2 Å². The Morgan fingerprint density at radius 2 is 2.24 bits per heavy atom. The first-order chi connectivity index (χ1) is 10.1. The monoisotopic (exact) mass is 304 g/mol. The fraction of sp³-hybridized carbons (Fsp3) is 0.167. The summed E-state index contributed by atoms with van der Waals surface area (Å²) in [6, 6.07) is 7.18. The number of nitrogens with zero attached hydrogens (tertiary/aromatic N) is 3. The molecule has 108 valence electrons. The Hall–Kier alpha value is -2.55. The number of carbonyl (C=O) groups excluding carboxylic acids is 2. The van der Waals surface area contributed by atoms with Crippen molar-refractivity contribution in [1.29, 1.82) is 0 Å². The Morgan fingerprint density at radius 3 is 3.00 bits per heavy atom. The fourth-order valence-electron chi connectivity index (χ4n) is 1.98. The molecule has 4 N–H and O–H groups in total. The molecule has 0 bridgehead atoms. The zero-order valence-corrected chi connectivity index (χ0v) is 11.7. The molecule has 0 spiro atoms. The van der Waals surface area contributed by atoms with Crippen LogP contribution in [0.25, 0.3) is 0 Å². The molecular weight excluding hydrogens is 292 g/mol. The van der Waals surface area contributed by atoms with Crippen LogP contribution in [0, 0.1) is 0 Å². The van der Waals surface area contributed by atoms with Gasteiger partial charge in [0.25, 0.3) is 0 Å². The Kier molecular flexibility index (Phi) is 3.48. The largest absolute Gasteiger partial charge is 0.368 e. The number of hydrogen-bond acceptors (Lipinski definition) is 6. The zero-order valence-electron chi connectivity index (χ0n) is 10.9. The van der Waals surface area contributed by atoms with Gasteiger partial charge in [-0.05, 0) is 12.1 Å². The van der Waals surface area contributed by atoms with E-state index in [0.29, 0.717) is 16.5 Å². The lowest BCUT2D eigenvalue weighted by atomic mass is 10.2. The molecule has 0 fully saturated rings. The molecule has 3 rings (SSSR count). The first-order valence-corrected chi connectivity index (χ1v) is 7.12. The van der Waals surface area contributed by atoms with Crippen LogP contribution < -0.4 is 16.0 Å². The number of rotatable bonds is 3. The zero-order chi connectivity index (χ0) is 14.8. The molecule has 2 aromatic rings. The molecule has 0 unspecified atom stereocenters. The first kappa shape index (κ1) is 13.4. The van der Waals surface area contributed by atoms with E-state index >= 15 is 0 Å². The predicted octanol–water partition coefficient (Wildman–Crippen LogP) is 0.464. The Labute approximate surface area is 124 Å². The number of nitrogen functional groups attached to an aromatic ring is 1. The average Bonchev–Trinajstić information content (AvgIpc) is 2.89. The first-order valence-electron chi connectivity index (χ1n) is 6.13. The highest BCUT2D eigenvalue weighted by Gasteiger charge is 2.26. The molecule has 1 aromatic heterocycles. The molecular formula is C12H12N6O2S. The summed E-state index contributed by atoms with van der Waals surface area (Å²) in [5, 5.41) is 9.48. The number of anilines is 3. The summed E-state index contributed by atoms with van der Waals surface area (Å²) in [5.74, 6) is -0.0775. The van der Waals surface area contributed by atoms with Gasteiger partial charge < -0.3 is 16.0 Å². The highest BCUT2D eigenvalue weighted by molar-refractivity contribution is 7.99. The van der Waals surface area contributed by atoms with Crippen LogP contribution in [0.5, 0.6) is 0 Å². The summed E-state index contributed by atoms with van der Waals surface area (Å²) >= 11 is 1.16. The summed E-state index contributed by atoms with van der Waals surface area (Å²) in [7, 11) is 0. The maximum absolute atomic E-state index is 12.3. The van der Waals surface area contributed by atoms with Crippen molar-refractivity contribution in [3.63, 3.8) is 0 Å². The van der Waals surface area contributed by atoms with Crippen molar-refractivity contribution < 1.29 is 9.59 Å². The number of nitrogens with two attached hydrogens (primary N) is 1. The molecule has 9 heteroatoms. The molecule has 2 heterocycles. The molecule has 21 heavy (non-hydrogen) atoms. The van der Waals surface area contributed by atoms with Crippen LogP contribution in [0.1, 0.15) is 0 Å². The highest BCUT2D eigenvalue weighted by Crippen LogP contribution is 2.29. The summed E-state index contributed by atoms with van der Waals surface area (Å²) in [4.78, 5) is 29.3. The second kappa shape index (κ2) is 5.44. The maximum Gasteiger partial charge on any atom is 0.244 e.